The van der Waals surface area contributed by atoms with Crippen LogP contribution < -0.4 is 10.6 Å². The van der Waals surface area contributed by atoms with Crippen LogP contribution in [0.4, 0.5) is 5.69 Å². The maximum atomic E-state index is 13.1. The van der Waals surface area contributed by atoms with Gasteiger partial charge < -0.3 is 25.2 Å². The van der Waals surface area contributed by atoms with E-state index in [4.69, 9.17) is 4.74 Å². The number of morpholine rings is 1. The summed E-state index contributed by atoms with van der Waals surface area (Å²) in [7, 11) is 0. The molecule has 7 heteroatoms. The first kappa shape index (κ1) is 18.3. The predicted octanol–water partition coefficient (Wildman–Crippen LogP) is 0.812. The van der Waals surface area contributed by atoms with Crippen molar-refractivity contribution in [1.29, 1.82) is 0 Å². The van der Waals surface area contributed by atoms with E-state index in [0.29, 0.717) is 39.3 Å². The van der Waals surface area contributed by atoms with E-state index in [-0.39, 0.29) is 23.9 Å². The molecule has 2 amide bonds. The van der Waals surface area contributed by atoms with Crippen LogP contribution in [0.3, 0.4) is 0 Å². The molecule has 0 aromatic heterocycles. The molecule has 0 aliphatic carbocycles. The molecule has 0 atom stereocenters. The van der Waals surface area contributed by atoms with Gasteiger partial charge in [-0.25, -0.2) is 0 Å². The summed E-state index contributed by atoms with van der Waals surface area (Å²) in [6.07, 6.45) is 2.23. The molecule has 3 aliphatic rings. The molecule has 4 rings (SSSR count). The maximum absolute atomic E-state index is 13.1. The number of rotatable bonds is 2. The van der Waals surface area contributed by atoms with Crippen molar-refractivity contribution in [2.45, 2.75) is 31.3 Å². The zero-order chi connectivity index (χ0) is 18.7. The number of amides is 2. The summed E-state index contributed by atoms with van der Waals surface area (Å²) < 4.78 is 5.33. The van der Waals surface area contributed by atoms with Crippen LogP contribution in [0.5, 0.6) is 0 Å². The first-order valence-electron chi connectivity index (χ1n) is 9.85. The van der Waals surface area contributed by atoms with Crippen LogP contribution in [0.25, 0.3) is 0 Å². The summed E-state index contributed by atoms with van der Waals surface area (Å²) in [5.74, 6) is 0.0672. The highest BCUT2D eigenvalue weighted by Gasteiger charge is 2.38. The van der Waals surface area contributed by atoms with Gasteiger partial charge in [-0.15, -0.1) is 0 Å². The molecule has 2 saturated heterocycles. The van der Waals surface area contributed by atoms with Crippen molar-refractivity contribution in [3.05, 3.63) is 29.8 Å². The monoisotopic (exact) mass is 372 g/mol. The van der Waals surface area contributed by atoms with Crippen LogP contribution in [0.15, 0.2) is 24.3 Å². The lowest BCUT2D eigenvalue weighted by Gasteiger charge is -2.42. The lowest BCUT2D eigenvalue weighted by Crippen LogP contribution is -2.53. The van der Waals surface area contributed by atoms with Gasteiger partial charge >= 0.3 is 0 Å². The summed E-state index contributed by atoms with van der Waals surface area (Å²) >= 11 is 0. The minimum atomic E-state index is -0.237. The Bertz CT molecular complexity index is 696. The van der Waals surface area contributed by atoms with E-state index in [9.17, 15) is 9.59 Å². The maximum Gasteiger partial charge on any atom is 0.242 e. The molecule has 27 heavy (non-hydrogen) atoms. The molecule has 3 heterocycles. The fourth-order valence-corrected chi connectivity index (χ4v) is 4.23. The lowest BCUT2D eigenvalue weighted by molar-refractivity contribution is -0.144. The van der Waals surface area contributed by atoms with Gasteiger partial charge in [-0.05, 0) is 37.6 Å². The summed E-state index contributed by atoms with van der Waals surface area (Å²) in [5, 5.41) is 7.06. The molecule has 0 radical (unpaired) electrons. The lowest BCUT2D eigenvalue weighted by atomic mass is 9.83. The Balaban J connectivity index is 1.57. The number of fused-ring (bicyclic) bond motifs is 1. The second-order valence-electron chi connectivity index (χ2n) is 7.73. The van der Waals surface area contributed by atoms with E-state index in [1.165, 1.54) is 0 Å². The van der Waals surface area contributed by atoms with Crippen LogP contribution in [0.2, 0.25) is 0 Å². The van der Waals surface area contributed by atoms with Crippen molar-refractivity contribution in [3.8, 4) is 0 Å². The topological polar surface area (TPSA) is 73.9 Å². The number of piperidine rings is 1. The summed E-state index contributed by atoms with van der Waals surface area (Å²) in [6.45, 7) is 4.76. The number of anilines is 1. The van der Waals surface area contributed by atoms with E-state index in [0.717, 1.165) is 37.2 Å². The molecule has 146 valence electrons. The SMILES string of the molecule is O=C(CN1Cc2ccccc2NC2(CCNCC2)CC1=O)N1CCOCC1. The molecule has 2 fully saturated rings. The third-order valence-electron chi connectivity index (χ3n) is 5.87. The molecule has 1 spiro atoms. The van der Waals surface area contributed by atoms with Gasteiger partial charge in [0.05, 0.1) is 13.2 Å². The van der Waals surface area contributed by atoms with Crippen LogP contribution in [0.1, 0.15) is 24.8 Å². The largest absolute Gasteiger partial charge is 0.379 e. The third-order valence-corrected chi connectivity index (χ3v) is 5.87. The molecule has 1 aromatic carbocycles. The fourth-order valence-electron chi connectivity index (χ4n) is 4.23. The van der Waals surface area contributed by atoms with Gasteiger partial charge in [0.2, 0.25) is 11.8 Å². The highest BCUT2D eigenvalue weighted by Crippen LogP contribution is 2.33. The summed E-state index contributed by atoms with van der Waals surface area (Å²) in [6, 6.07) is 8.13. The van der Waals surface area contributed by atoms with Crippen molar-refractivity contribution in [2.75, 3.05) is 51.3 Å². The number of hydrogen-bond acceptors (Lipinski definition) is 5. The third kappa shape index (κ3) is 4.09. The van der Waals surface area contributed by atoms with E-state index in [1.807, 2.05) is 18.2 Å². The Morgan fingerprint density at radius 1 is 1.15 bits per heavy atom. The molecule has 3 aliphatic heterocycles. The number of carbonyl (C=O) groups excluding carboxylic acids is 2. The summed E-state index contributed by atoms with van der Waals surface area (Å²) in [5.41, 5.74) is 1.91. The van der Waals surface area contributed by atoms with E-state index in [1.54, 1.807) is 9.80 Å². The average molecular weight is 372 g/mol. The molecule has 7 nitrogen and oxygen atoms in total. The van der Waals surface area contributed by atoms with Crippen molar-refractivity contribution < 1.29 is 14.3 Å². The van der Waals surface area contributed by atoms with Gasteiger partial charge in [0.25, 0.3) is 0 Å². The highest BCUT2D eigenvalue weighted by molar-refractivity contribution is 5.86. The zero-order valence-electron chi connectivity index (χ0n) is 15.7. The predicted molar refractivity (Wildman–Crippen MR) is 102 cm³/mol. The molecule has 2 N–H and O–H groups in total. The van der Waals surface area contributed by atoms with Crippen molar-refractivity contribution >= 4 is 17.5 Å². The molecule has 0 unspecified atom stereocenters. The highest BCUT2D eigenvalue weighted by atomic mass is 16.5. The molecular formula is C20H28N4O3. The molecule has 0 bridgehead atoms. The number of hydrogen-bond donors (Lipinski definition) is 2. The minimum absolute atomic E-state index is 0.0111. The Kier molecular flexibility index (Phi) is 5.31. The van der Waals surface area contributed by atoms with E-state index in [2.05, 4.69) is 16.7 Å². The van der Waals surface area contributed by atoms with Crippen molar-refractivity contribution in [2.24, 2.45) is 0 Å². The number of nitrogens with one attached hydrogen (secondary N) is 2. The zero-order valence-corrected chi connectivity index (χ0v) is 15.7. The van der Waals surface area contributed by atoms with Gasteiger partial charge in [-0.2, -0.15) is 0 Å². The average Bonchev–Trinajstić information content (AvgIpc) is 2.69. The Hall–Kier alpha value is -2.12. The Labute approximate surface area is 160 Å². The fraction of sp³-hybridized carbons (Fsp3) is 0.600. The second-order valence-corrected chi connectivity index (χ2v) is 7.73. The van der Waals surface area contributed by atoms with E-state index >= 15 is 0 Å². The molecule has 0 saturated carbocycles. The second kappa shape index (κ2) is 7.86. The molecular weight excluding hydrogens is 344 g/mol. The van der Waals surface area contributed by atoms with Gasteiger partial charge in [-0.3, -0.25) is 9.59 Å². The van der Waals surface area contributed by atoms with Crippen LogP contribution in [-0.4, -0.2) is 73.1 Å². The Morgan fingerprint density at radius 3 is 2.67 bits per heavy atom. The van der Waals surface area contributed by atoms with Gasteiger partial charge in [-0.1, -0.05) is 18.2 Å². The number of ether oxygens (including phenoxy) is 1. The number of para-hydroxylation sites is 1. The number of nitrogens with zero attached hydrogens (tertiary/aromatic N) is 2. The quantitative estimate of drug-likeness (QED) is 0.804. The summed E-state index contributed by atoms with van der Waals surface area (Å²) in [4.78, 5) is 29.4. The first-order chi connectivity index (χ1) is 13.2. The normalized spacial score (nSPS) is 22.6. The number of carbonyl (C=O) groups is 2. The van der Waals surface area contributed by atoms with Crippen molar-refractivity contribution in [1.82, 2.24) is 15.1 Å². The minimum Gasteiger partial charge on any atom is -0.379 e. The smallest absolute Gasteiger partial charge is 0.242 e. The van der Waals surface area contributed by atoms with E-state index < -0.39 is 0 Å². The van der Waals surface area contributed by atoms with Crippen LogP contribution >= 0.6 is 0 Å². The standard InChI is InChI=1S/C20H28N4O3/c25-18-13-20(5-7-21-8-6-20)22-17-4-2-1-3-16(17)14-24(18)15-19(26)23-9-11-27-12-10-23/h1-4,21-22H,5-15H2. The van der Waals surface area contributed by atoms with Gasteiger partial charge in [0.15, 0.2) is 0 Å². The first-order valence-corrected chi connectivity index (χ1v) is 9.85. The van der Waals surface area contributed by atoms with Gasteiger partial charge in [0, 0.05) is 37.3 Å². The van der Waals surface area contributed by atoms with Crippen LogP contribution in [0, 0.1) is 0 Å². The van der Waals surface area contributed by atoms with Crippen molar-refractivity contribution in [3.63, 3.8) is 0 Å². The Morgan fingerprint density at radius 2 is 1.89 bits per heavy atom. The van der Waals surface area contributed by atoms with Gasteiger partial charge in [0.1, 0.15) is 6.54 Å². The van der Waals surface area contributed by atoms with Crippen LogP contribution in [-0.2, 0) is 20.9 Å². The number of benzene rings is 1. The molecule has 1 aromatic rings.